The predicted octanol–water partition coefficient (Wildman–Crippen LogP) is -1.66. The average molecular weight is 239 g/mol. The van der Waals surface area contributed by atoms with Gasteiger partial charge in [0.25, 0.3) is 0 Å². The van der Waals surface area contributed by atoms with Crippen molar-refractivity contribution in [2.45, 2.75) is 37.9 Å². The van der Waals surface area contributed by atoms with Gasteiger partial charge in [0, 0.05) is 12.8 Å². The summed E-state index contributed by atoms with van der Waals surface area (Å²) < 4.78 is 0. The molecule has 0 aromatic heterocycles. The lowest BCUT2D eigenvalue weighted by Crippen LogP contribution is -3.00. The molecule has 0 aliphatic carbocycles. The third kappa shape index (κ3) is 3.61. The molecule has 1 unspecified atom stereocenters. The fourth-order valence-electron chi connectivity index (χ4n) is 1.30. The van der Waals surface area contributed by atoms with Crippen molar-refractivity contribution in [1.82, 2.24) is 0 Å². The van der Waals surface area contributed by atoms with E-state index in [1.807, 2.05) is 0 Å². The van der Waals surface area contributed by atoms with E-state index < -0.39 is 0 Å². The molecule has 0 amide bonds. The maximum Gasteiger partial charge on any atom is 0.184 e. The second-order valence-electron chi connectivity index (χ2n) is 2.78. The molecule has 1 heterocycles. The van der Waals surface area contributed by atoms with Gasteiger partial charge in [0.05, 0.1) is 0 Å². The maximum absolute atomic E-state index is 11.2. The van der Waals surface area contributed by atoms with Gasteiger partial charge in [-0.2, -0.15) is 0 Å². The molecular formula is C8H15BrOS. The lowest BCUT2D eigenvalue weighted by molar-refractivity contribution is -0.118. The summed E-state index contributed by atoms with van der Waals surface area (Å²) in [6.07, 6.45) is 4.24. The van der Waals surface area contributed by atoms with Crippen LogP contribution in [-0.2, 0) is 16.6 Å². The molecule has 1 fully saturated rings. The minimum atomic E-state index is 0. The van der Waals surface area contributed by atoms with Crippen LogP contribution in [0.15, 0.2) is 0 Å². The van der Waals surface area contributed by atoms with Gasteiger partial charge in [-0.15, -0.1) is 0 Å². The molecule has 1 aliphatic rings. The van der Waals surface area contributed by atoms with Crippen LogP contribution in [0.4, 0.5) is 0 Å². The topological polar surface area (TPSA) is 17.1 Å². The van der Waals surface area contributed by atoms with Crippen LogP contribution in [0, 0.1) is 0 Å². The van der Waals surface area contributed by atoms with Crippen molar-refractivity contribution < 1.29 is 21.8 Å². The van der Waals surface area contributed by atoms with Crippen LogP contribution in [0.2, 0.25) is 0 Å². The molecule has 1 atom stereocenters. The second-order valence-corrected chi connectivity index (χ2v) is 4.22. The van der Waals surface area contributed by atoms with Crippen LogP contribution < -0.4 is 17.0 Å². The third-order valence-electron chi connectivity index (χ3n) is 1.85. The Morgan fingerprint density at radius 2 is 2.36 bits per heavy atom. The monoisotopic (exact) mass is 238 g/mol. The standard InChI is InChI=1S/C8H14OS.BrH/c1-2-4-7(9)8-5-3-6-10-8;/h8H,2-6H2,1H3;1H. The lowest BCUT2D eigenvalue weighted by Gasteiger charge is -1.97. The van der Waals surface area contributed by atoms with Crippen LogP contribution in [0.1, 0.15) is 32.6 Å². The van der Waals surface area contributed by atoms with E-state index in [9.17, 15) is 4.79 Å². The fourth-order valence-corrected chi connectivity index (χ4v) is 2.67. The largest absolute Gasteiger partial charge is 1.00 e. The number of ketones is 1. The highest BCUT2D eigenvalue weighted by Gasteiger charge is 2.29. The SMILES string of the molecule is CCCC(=O)C1CCC[SH+]1.[Br-]. The molecule has 0 saturated carbocycles. The number of halogens is 1. The Kier molecular flexibility index (Phi) is 6.34. The van der Waals surface area contributed by atoms with E-state index in [1.54, 1.807) is 0 Å². The zero-order chi connectivity index (χ0) is 7.40. The minimum absolute atomic E-state index is 0. The number of thiol groups is 1. The summed E-state index contributed by atoms with van der Waals surface area (Å²) in [6.45, 7) is 2.07. The molecule has 0 bridgehead atoms. The van der Waals surface area contributed by atoms with E-state index in [2.05, 4.69) is 6.92 Å². The first-order valence-corrected chi connectivity index (χ1v) is 5.18. The van der Waals surface area contributed by atoms with Crippen molar-refractivity contribution in [2.24, 2.45) is 0 Å². The first-order chi connectivity index (χ1) is 4.84. The molecule has 0 radical (unpaired) electrons. The molecule has 0 aromatic rings. The number of hydrogen-bond donors (Lipinski definition) is 0. The summed E-state index contributed by atoms with van der Waals surface area (Å²) in [5.41, 5.74) is 0. The Hall–Kier alpha value is 0.500. The summed E-state index contributed by atoms with van der Waals surface area (Å²) in [6, 6.07) is 0. The van der Waals surface area contributed by atoms with Crippen LogP contribution in [0.5, 0.6) is 0 Å². The Bertz CT molecular complexity index is 121. The summed E-state index contributed by atoms with van der Waals surface area (Å²) in [5.74, 6) is 1.75. The fraction of sp³-hybridized carbons (Fsp3) is 0.875. The lowest BCUT2D eigenvalue weighted by atomic mass is 10.1. The predicted molar refractivity (Wildman–Crippen MR) is 46.6 cm³/mol. The first kappa shape index (κ1) is 11.5. The van der Waals surface area contributed by atoms with Crippen molar-refractivity contribution in [3.8, 4) is 0 Å². The Balaban J connectivity index is 0.000001000. The molecule has 0 N–H and O–H groups in total. The molecule has 0 aromatic carbocycles. The van der Waals surface area contributed by atoms with Gasteiger partial charge in [-0.05, 0) is 24.6 Å². The molecule has 66 valence electrons. The zero-order valence-corrected chi connectivity index (χ0v) is 9.33. The van der Waals surface area contributed by atoms with Crippen LogP contribution in [-0.4, -0.2) is 16.8 Å². The van der Waals surface area contributed by atoms with E-state index in [4.69, 9.17) is 0 Å². The number of carbonyl (C=O) groups is 1. The van der Waals surface area contributed by atoms with Gasteiger partial charge in [0.15, 0.2) is 11.0 Å². The zero-order valence-electron chi connectivity index (χ0n) is 6.85. The van der Waals surface area contributed by atoms with E-state index in [-0.39, 0.29) is 17.0 Å². The summed E-state index contributed by atoms with van der Waals surface area (Å²) in [4.78, 5) is 11.2. The summed E-state index contributed by atoms with van der Waals surface area (Å²) in [7, 11) is 0. The van der Waals surface area contributed by atoms with Gasteiger partial charge < -0.3 is 17.0 Å². The molecule has 3 heteroatoms. The van der Waals surface area contributed by atoms with Crippen molar-refractivity contribution in [2.75, 3.05) is 5.75 Å². The molecule has 11 heavy (non-hydrogen) atoms. The summed E-state index contributed by atoms with van der Waals surface area (Å²) in [5, 5.41) is 0.417. The summed E-state index contributed by atoms with van der Waals surface area (Å²) >= 11 is 1.39. The number of Topliss-reactive ketones (excluding diaryl/α,β-unsaturated/α-hetero) is 1. The van der Waals surface area contributed by atoms with Crippen molar-refractivity contribution >= 4 is 17.5 Å². The Labute approximate surface area is 83.1 Å². The molecule has 0 spiro atoms. The maximum atomic E-state index is 11.2. The quantitative estimate of drug-likeness (QED) is 0.425. The smallest absolute Gasteiger partial charge is 0.184 e. The average Bonchev–Trinajstić information content (AvgIpc) is 2.38. The normalized spacial score (nSPS) is 22.8. The van der Waals surface area contributed by atoms with Gasteiger partial charge in [-0.25, -0.2) is 0 Å². The van der Waals surface area contributed by atoms with Gasteiger partial charge >= 0.3 is 0 Å². The van der Waals surface area contributed by atoms with Gasteiger partial charge in [-0.1, -0.05) is 6.92 Å². The van der Waals surface area contributed by atoms with E-state index >= 15 is 0 Å². The van der Waals surface area contributed by atoms with Gasteiger partial charge in [-0.3, -0.25) is 4.79 Å². The number of carbonyl (C=O) groups excluding carboxylic acids is 1. The molecule has 1 nitrogen and oxygen atoms in total. The first-order valence-electron chi connectivity index (χ1n) is 4.04. The van der Waals surface area contributed by atoms with Crippen molar-refractivity contribution in [1.29, 1.82) is 0 Å². The van der Waals surface area contributed by atoms with Crippen molar-refractivity contribution in [3.05, 3.63) is 0 Å². The number of rotatable bonds is 3. The van der Waals surface area contributed by atoms with E-state index in [0.29, 0.717) is 11.0 Å². The highest BCUT2D eigenvalue weighted by atomic mass is 79.9. The highest BCUT2D eigenvalue weighted by molar-refractivity contribution is 7.80. The van der Waals surface area contributed by atoms with Crippen LogP contribution in [0.3, 0.4) is 0 Å². The Morgan fingerprint density at radius 3 is 2.82 bits per heavy atom. The molecule has 1 rings (SSSR count). The number of hydrogen-bond acceptors (Lipinski definition) is 1. The third-order valence-corrected chi connectivity index (χ3v) is 3.41. The molecule has 1 saturated heterocycles. The van der Waals surface area contributed by atoms with Crippen molar-refractivity contribution in [3.63, 3.8) is 0 Å². The molecular weight excluding hydrogens is 224 g/mol. The minimum Gasteiger partial charge on any atom is -1.00 e. The van der Waals surface area contributed by atoms with Crippen LogP contribution in [0.25, 0.3) is 0 Å². The van der Waals surface area contributed by atoms with E-state index in [1.165, 1.54) is 23.9 Å². The second kappa shape index (κ2) is 6.06. The highest BCUT2D eigenvalue weighted by Crippen LogP contribution is 2.15. The van der Waals surface area contributed by atoms with Gasteiger partial charge in [0.1, 0.15) is 5.75 Å². The van der Waals surface area contributed by atoms with Gasteiger partial charge in [0.2, 0.25) is 0 Å². The van der Waals surface area contributed by atoms with E-state index in [0.717, 1.165) is 19.3 Å². The molecule has 1 aliphatic heterocycles. The Morgan fingerprint density at radius 1 is 1.64 bits per heavy atom. The van der Waals surface area contributed by atoms with Crippen LogP contribution >= 0.6 is 0 Å².